The van der Waals surface area contributed by atoms with E-state index in [9.17, 15) is 4.79 Å². The molecule has 0 spiro atoms. The Bertz CT molecular complexity index is 957. The molecule has 0 aliphatic rings. The normalized spacial score (nSPS) is 13.1. The molecule has 3 aromatic rings. The topological polar surface area (TPSA) is 72.7 Å². The lowest BCUT2D eigenvalue weighted by atomic mass is 10.0. The van der Waals surface area contributed by atoms with Crippen molar-refractivity contribution in [2.75, 3.05) is 0 Å². The van der Waals surface area contributed by atoms with E-state index in [4.69, 9.17) is 0 Å². The summed E-state index contributed by atoms with van der Waals surface area (Å²) < 4.78 is 1.68. The molecule has 29 heavy (non-hydrogen) atoms. The second-order valence-electron chi connectivity index (χ2n) is 7.16. The molecule has 0 saturated carbocycles. The summed E-state index contributed by atoms with van der Waals surface area (Å²) in [6, 6.07) is 16.2. The number of carbonyl (C=O) groups is 1. The van der Waals surface area contributed by atoms with Crippen LogP contribution in [0.5, 0.6) is 0 Å². The van der Waals surface area contributed by atoms with Gasteiger partial charge in [0.25, 0.3) is 0 Å². The number of benzene rings is 2. The number of tetrazole rings is 1. The average Bonchev–Trinajstić information content (AvgIpc) is 3.18. The SMILES string of the molecule is CCCC(NC(=O)C(C)Sc1nnnn1-c1ccc(C)c(C)c1)c1ccccc1. The Labute approximate surface area is 176 Å². The van der Waals surface area contributed by atoms with Gasteiger partial charge in [-0.25, -0.2) is 0 Å². The molecule has 2 atom stereocenters. The zero-order chi connectivity index (χ0) is 20.8. The smallest absolute Gasteiger partial charge is 0.233 e. The van der Waals surface area contributed by atoms with Crippen molar-refractivity contribution >= 4 is 17.7 Å². The summed E-state index contributed by atoms with van der Waals surface area (Å²) in [4.78, 5) is 12.9. The first-order chi connectivity index (χ1) is 14.0. The lowest BCUT2D eigenvalue weighted by Gasteiger charge is -2.21. The highest BCUT2D eigenvalue weighted by Crippen LogP contribution is 2.25. The summed E-state index contributed by atoms with van der Waals surface area (Å²) in [5.74, 6) is -0.0214. The van der Waals surface area contributed by atoms with E-state index >= 15 is 0 Å². The van der Waals surface area contributed by atoms with E-state index in [0.29, 0.717) is 5.16 Å². The van der Waals surface area contributed by atoms with Crippen LogP contribution in [0, 0.1) is 13.8 Å². The number of thioether (sulfide) groups is 1. The number of aromatic nitrogens is 4. The minimum absolute atomic E-state index is 0.00694. The molecule has 0 radical (unpaired) electrons. The van der Waals surface area contributed by atoms with E-state index < -0.39 is 0 Å². The Morgan fingerprint density at radius 1 is 1.14 bits per heavy atom. The molecule has 2 unspecified atom stereocenters. The van der Waals surface area contributed by atoms with Crippen LogP contribution in [-0.2, 0) is 4.79 Å². The fourth-order valence-corrected chi connectivity index (χ4v) is 3.89. The minimum atomic E-state index is -0.325. The van der Waals surface area contributed by atoms with E-state index in [1.807, 2.05) is 43.3 Å². The molecule has 1 aromatic heterocycles. The average molecular weight is 410 g/mol. The van der Waals surface area contributed by atoms with E-state index in [0.717, 1.165) is 24.1 Å². The zero-order valence-corrected chi connectivity index (χ0v) is 18.1. The zero-order valence-electron chi connectivity index (χ0n) is 17.3. The molecule has 1 amide bonds. The van der Waals surface area contributed by atoms with Crippen LogP contribution in [0.4, 0.5) is 0 Å². The lowest BCUT2D eigenvalue weighted by Crippen LogP contribution is -2.34. The van der Waals surface area contributed by atoms with Crippen molar-refractivity contribution in [1.82, 2.24) is 25.5 Å². The predicted octanol–water partition coefficient (Wildman–Crippen LogP) is 4.42. The third-order valence-electron chi connectivity index (χ3n) is 4.92. The van der Waals surface area contributed by atoms with Crippen LogP contribution >= 0.6 is 11.8 Å². The maximum Gasteiger partial charge on any atom is 0.233 e. The van der Waals surface area contributed by atoms with E-state index in [2.05, 4.69) is 53.7 Å². The Morgan fingerprint density at radius 3 is 2.59 bits per heavy atom. The van der Waals surface area contributed by atoms with Crippen LogP contribution in [0.15, 0.2) is 53.7 Å². The third kappa shape index (κ3) is 5.23. The molecule has 3 rings (SSSR count). The number of hydrogen-bond acceptors (Lipinski definition) is 5. The molecule has 7 heteroatoms. The molecule has 0 saturated heterocycles. The first-order valence-electron chi connectivity index (χ1n) is 9.87. The monoisotopic (exact) mass is 409 g/mol. The van der Waals surface area contributed by atoms with E-state index in [-0.39, 0.29) is 17.2 Å². The van der Waals surface area contributed by atoms with Gasteiger partial charge in [-0.2, -0.15) is 4.68 Å². The van der Waals surface area contributed by atoms with Gasteiger partial charge in [-0.1, -0.05) is 61.5 Å². The third-order valence-corrected chi connectivity index (χ3v) is 5.96. The second-order valence-corrected chi connectivity index (χ2v) is 8.47. The molecule has 0 aliphatic heterocycles. The summed E-state index contributed by atoms with van der Waals surface area (Å²) in [5, 5.41) is 15.5. The van der Waals surface area contributed by atoms with Gasteiger partial charge in [-0.3, -0.25) is 4.79 Å². The van der Waals surface area contributed by atoms with Crippen molar-refractivity contribution < 1.29 is 4.79 Å². The highest BCUT2D eigenvalue weighted by atomic mass is 32.2. The van der Waals surface area contributed by atoms with Gasteiger partial charge in [0.15, 0.2) is 0 Å². The maximum atomic E-state index is 12.9. The van der Waals surface area contributed by atoms with Gasteiger partial charge in [0.2, 0.25) is 11.1 Å². The van der Waals surface area contributed by atoms with E-state index in [1.165, 1.54) is 22.9 Å². The fourth-order valence-electron chi connectivity index (χ4n) is 3.07. The van der Waals surface area contributed by atoms with Crippen LogP contribution in [0.25, 0.3) is 5.69 Å². The highest BCUT2D eigenvalue weighted by molar-refractivity contribution is 8.00. The molecule has 0 fully saturated rings. The first kappa shape index (κ1) is 21.0. The number of hydrogen-bond donors (Lipinski definition) is 1. The number of nitrogens with zero attached hydrogens (tertiary/aromatic N) is 4. The van der Waals surface area contributed by atoms with Crippen molar-refractivity contribution in [2.24, 2.45) is 0 Å². The van der Waals surface area contributed by atoms with Crippen molar-refractivity contribution in [3.8, 4) is 5.69 Å². The fraction of sp³-hybridized carbons (Fsp3) is 0.364. The summed E-state index contributed by atoms with van der Waals surface area (Å²) in [6.07, 6.45) is 1.89. The molecule has 152 valence electrons. The molecule has 0 bridgehead atoms. The van der Waals surface area contributed by atoms with Crippen molar-refractivity contribution in [1.29, 1.82) is 0 Å². The van der Waals surface area contributed by atoms with Gasteiger partial charge in [-0.05, 0) is 66.4 Å². The van der Waals surface area contributed by atoms with Crippen molar-refractivity contribution in [2.45, 2.75) is 57.0 Å². The number of rotatable bonds is 8. The molecule has 1 N–H and O–H groups in total. The number of aryl methyl sites for hydroxylation is 2. The van der Waals surface area contributed by atoms with Crippen LogP contribution in [0.3, 0.4) is 0 Å². The first-order valence-corrected chi connectivity index (χ1v) is 10.8. The molecule has 0 aliphatic carbocycles. The number of nitrogens with one attached hydrogen (secondary N) is 1. The van der Waals surface area contributed by atoms with Crippen LogP contribution in [0.2, 0.25) is 0 Å². The van der Waals surface area contributed by atoms with Gasteiger partial charge in [0.1, 0.15) is 0 Å². The Hall–Kier alpha value is -2.67. The summed E-state index contributed by atoms with van der Waals surface area (Å²) in [6.45, 7) is 8.13. The van der Waals surface area contributed by atoms with Crippen molar-refractivity contribution in [3.05, 3.63) is 65.2 Å². The molecular weight excluding hydrogens is 382 g/mol. The summed E-state index contributed by atoms with van der Waals surface area (Å²) in [5.41, 5.74) is 4.40. The lowest BCUT2D eigenvalue weighted by molar-refractivity contribution is -0.121. The van der Waals surface area contributed by atoms with Crippen LogP contribution in [0.1, 0.15) is 49.4 Å². The van der Waals surface area contributed by atoms with Gasteiger partial charge in [0, 0.05) is 0 Å². The molecule has 1 heterocycles. The van der Waals surface area contributed by atoms with E-state index in [1.54, 1.807) is 4.68 Å². The van der Waals surface area contributed by atoms with Crippen molar-refractivity contribution in [3.63, 3.8) is 0 Å². The summed E-state index contributed by atoms with van der Waals surface area (Å²) in [7, 11) is 0. The van der Waals surface area contributed by atoms with Gasteiger partial charge >= 0.3 is 0 Å². The van der Waals surface area contributed by atoms with Gasteiger partial charge < -0.3 is 5.32 Å². The Kier molecular flexibility index (Phi) is 7.04. The minimum Gasteiger partial charge on any atom is -0.348 e. The predicted molar refractivity (Wildman–Crippen MR) is 116 cm³/mol. The Balaban J connectivity index is 1.71. The van der Waals surface area contributed by atoms with Gasteiger partial charge in [0.05, 0.1) is 17.0 Å². The molecular formula is C22H27N5OS. The van der Waals surface area contributed by atoms with Gasteiger partial charge in [-0.15, -0.1) is 5.10 Å². The molecule has 6 nitrogen and oxygen atoms in total. The number of amides is 1. The highest BCUT2D eigenvalue weighted by Gasteiger charge is 2.22. The largest absolute Gasteiger partial charge is 0.348 e. The quantitative estimate of drug-likeness (QED) is 0.558. The van der Waals surface area contributed by atoms with Crippen LogP contribution < -0.4 is 5.32 Å². The maximum absolute atomic E-state index is 12.9. The summed E-state index contributed by atoms with van der Waals surface area (Å²) >= 11 is 1.36. The Morgan fingerprint density at radius 2 is 1.90 bits per heavy atom. The molecule has 2 aromatic carbocycles. The van der Waals surface area contributed by atoms with Crippen LogP contribution in [-0.4, -0.2) is 31.4 Å². The standard InChI is InChI=1S/C22H27N5OS/c1-5-9-20(18-10-7-6-8-11-18)23-21(28)17(4)29-22-24-25-26-27(22)19-13-12-15(2)16(3)14-19/h6-8,10-14,17,20H,5,9H2,1-4H3,(H,23,28). The number of carbonyl (C=O) groups excluding carboxylic acids is 1. The second kappa shape index (κ2) is 9.69.